The number of hydrogen-bond acceptors (Lipinski definition) is 3. The van der Waals surface area contributed by atoms with Crippen LogP contribution in [0.1, 0.15) is 25.8 Å². The molecule has 1 N–H and O–H groups in total. The van der Waals surface area contributed by atoms with Gasteiger partial charge in [0.25, 0.3) is 5.91 Å². The maximum atomic E-state index is 11.9. The van der Waals surface area contributed by atoms with Gasteiger partial charge in [-0.05, 0) is 30.5 Å². The minimum atomic E-state index is -0.0875. The molecule has 4 nitrogen and oxygen atoms in total. The smallest absolute Gasteiger partial charge is 0.260 e. The van der Waals surface area contributed by atoms with Gasteiger partial charge in [-0.25, -0.2) is 0 Å². The lowest BCUT2D eigenvalue weighted by atomic mass is 10.2. The van der Waals surface area contributed by atoms with Crippen LogP contribution in [0.15, 0.2) is 24.3 Å². The Bertz CT molecular complexity index is 369. The molecular weight excluding hydrogens is 242 g/mol. The molecule has 19 heavy (non-hydrogen) atoms. The fourth-order valence-corrected chi connectivity index (χ4v) is 1.81. The number of aliphatic hydroxyl groups excluding tert-OH is 1. The monoisotopic (exact) mass is 265 g/mol. The van der Waals surface area contributed by atoms with Crippen molar-refractivity contribution in [3.63, 3.8) is 0 Å². The molecule has 1 aromatic carbocycles. The second-order valence-electron chi connectivity index (χ2n) is 4.39. The molecule has 4 heteroatoms. The Labute approximate surface area is 115 Å². The number of carbonyl (C=O) groups excluding carboxylic acids is 1. The van der Waals surface area contributed by atoms with E-state index in [1.807, 2.05) is 31.2 Å². The van der Waals surface area contributed by atoms with E-state index in [0.29, 0.717) is 18.8 Å². The van der Waals surface area contributed by atoms with Crippen LogP contribution >= 0.6 is 0 Å². The van der Waals surface area contributed by atoms with Crippen LogP contribution in [-0.2, 0) is 11.2 Å². The van der Waals surface area contributed by atoms with Gasteiger partial charge >= 0.3 is 0 Å². The van der Waals surface area contributed by atoms with Gasteiger partial charge in [-0.3, -0.25) is 4.79 Å². The molecule has 0 aliphatic carbocycles. The maximum Gasteiger partial charge on any atom is 0.260 e. The molecule has 0 bridgehead atoms. The maximum absolute atomic E-state index is 11.9. The van der Waals surface area contributed by atoms with Gasteiger partial charge in [0.05, 0.1) is 6.61 Å². The zero-order valence-electron chi connectivity index (χ0n) is 11.8. The Morgan fingerprint density at radius 2 is 1.89 bits per heavy atom. The highest BCUT2D eigenvalue weighted by atomic mass is 16.5. The molecule has 1 amide bonds. The Hall–Kier alpha value is -1.55. The second-order valence-corrected chi connectivity index (χ2v) is 4.39. The summed E-state index contributed by atoms with van der Waals surface area (Å²) < 4.78 is 5.47. The van der Waals surface area contributed by atoms with E-state index in [1.54, 1.807) is 4.90 Å². The number of aryl methyl sites for hydroxylation is 1. The fourth-order valence-electron chi connectivity index (χ4n) is 1.81. The molecule has 0 spiro atoms. The summed E-state index contributed by atoms with van der Waals surface area (Å²) in [6.07, 6.45) is 1.86. The zero-order chi connectivity index (χ0) is 14.1. The fraction of sp³-hybridized carbons (Fsp3) is 0.533. The molecule has 0 fully saturated rings. The van der Waals surface area contributed by atoms with Gasteiger partial charge in [-0.15, -0.1) is 0 Å². The van der Waals surface area contributed by atoms with Crippen LogP contribution in [0.4, 0.5) is 0 Å². The SMILES string of the molecule is CCCN(CCO)C(=O)COc1ccc(CC)cc1. The first kappa shape index (κ1) is 15.5. The van der Waals surface area contributed by atoms with Crippen LogP contribution in [0.2, 0.25) is 0 Å². The first-order valence-corrected chi connectivity index (χ1v) is 6.81. The van der Waals surface area contributed by atoms with E-state index in [2.05, 4.69) is 6.92 Å². The second kappa shape index (κ2) is 8.53. The van der Waals surface area contributed by atoms with Crippen molar-refractivity contribution in [2.75, 3.05) is 26.3 Å². The highest BCUT2D eigenvalue weighted by molar-refractivity contribution is 5.77. The molecule has 0 saturated carbocycles. The molecule has 0 atom stereocenters. The van der Waals surface area contributed by atoms with Crippen LogP contribution < -0.4 is 4.74 Å². The van der Waals surface area contributed by atoms with E-state index in [-0.39, 0.29) is 19.1 Å². The summed E-state index contributed by atoms with van der Waals surface area (Å²) in [5, 5.41) is 8.92. The van der Waals surface area contributed by atoms with Gasteiger partial charge in [-0.2, -0.15) is 0 Å². The molecule has 0 unspecified atom stereocenters. The lowest BCUT2D eigenvalue weighted by Gasteiger charge is -2.21. The quantitative estimate of drug-likeness (QED) is 0.780. The number of carbonyl (C=O) groups is 1. The van der Waals surface area contributed by atoms with Crippen molar-refractivity contribution in [3.05, 3.63) is 29.8 Å². The summed E-state index contributed by atoms with van der Waals surface area (Å²) in [7, 11) is 0. The number of hydrogen-bond donors (Lipinski definition) is 1. The van der Waals surface area contributed by atoms with Crippen LogP contribution in [-0.4, -0.2) is 42.2 Å². The van der Waals surface area contributed by atoms with Crippen LogP contribution in [0.5, 0.6) is 5.75 Å². The van der Waals surface area contributed by atoms with Crippen molar-refractivity contribution < 1.29 is 14.6 Å². The molecule has 0 radical (unpaired) electrons. The van der Waals surface area contributed by atoms with Crippen LogP contribution in [0, 0.1) is 0 Å². The summed E-state index contributed by atoms with van der Waals surface area (Å²) in [6.45, 7) is 5.11. The van der Waals surface area contributed by atoms with Crippen molar-refractivity contribution in [1.82, 2.24) is 4.90 Å². The summed E-state index contributed by atoms with van der Waals surface area (Å²) in [5.41, 5.74) is 1.24. The number of benzene rings is 1. The number of nitrogens with zero attached hydrogens (tertiary/aromatic N) is 1. The molecule has 0 aliphatic rings. The van der Waals surface area contributed by atoms with E-state index in [9.17, 15) is 4.79 Å². The molecule has 0 aliphatic heterocycles. The van der Waals surface area contributed by atoms with Crippen molar-refractivity contribution in [2.45, 2.75) is 26.7 Å². The summed E-state index contributed by atoms with van der Waals surface area (Å²) in [6, 6.07) is 7.75. The highest BCUT2D eigenvalue weighted by Gasteiger charge is 2.12. The third-order valence-corrected chi connectivity index (χ3v) is 2.91. The highest BCUT2D eigenvalue weighted by Crippen LogP contribution is 2.12. The molecule has 0 heterocycles. The number of amides is 1. The predicted molar refractivity (Wildman–Crippen MR) is 75.3 cm³/mol. The normalized spacial score (nSPS) is 10.3. The van der Waals surface area contributed by atoms with Gasteiger partial charge in [0.15, 0.2) is 6.61 Å². The third-order valence-electron chi connectivity index (χ3n) is 2.91. The molecular formula is C15H23NO3. The minimum Gasteiger partial charge on any atom is -0.484 e. The van der Waals surface area contributed by atoms with Gasteiger partial charge < -0.3 is 14.7 Å². The third kappa shape index (κ3) is 5.30. The van der Waals surface area contributed by atoms with Crippen molar-refractivity contribution in [2.24, 2.45) is 0 Å². The molecule has 1 rings (SSSR count). The van der Waals surface area contributed by atoms with Crippen LogP contribution in [0.25, 0.3) is 0 Å². The zero-order valence-corrected chi connectivity index (χ0v) is 11.8. The average Bonchev–Trinajstić information content (AvgIpc) is 2.45. The minimum absolute atomic E-state index is 0.0169. The molecule has 0 aromatic heterocycles. The summed E-state index contributed by atoms with van der Waals surface area (Å²) in [5.74, 6) is 0.612. The Morgan fingerprint density at radius 1 is 1.21 bits per heavy atom. The van der Waals surface area contributed by atoms with Gasteiger partial charge in [0, 0.05) is 13.1 Å². The lowest BCUT2D eigenvalue weighted by molar-refractivity contribution is -0.133. The Morgan fingerprint density at radius 3 is 2.42 bits per heavy atom. The number of ether oxygens (including phenoxy) is 1. The summed E-state index contributed by atoms with van der Waals surface area (Å²) in [4.78, 5) is 13.5. The summed E-state index contributed by atoms with van der Waals surface area (Å²) >= 11 is 0. The number of rotatable bonds is 8. The first-order valence-electron chi connectivity index (χ1n) is 6.81. The largest absolute Gasteiger partial charge is 0.484 e. The predicted octanol–water partition coefficient (Wildman–Crippen LogP) is 1.86. The van der Waals surface area contributed by atoms with Crippen molar-refractivity contribution in [1.29, 1.82) is 0 Å². The first-order chi connectivity index (χ1) is 9.21. The number of aliphatic hydroxyl groups is 1. The van der Waals surface area contributed by atoms with E-state index in [0.717, 1.165) is 12.8 Å². The van der Waals surface area contributed by atoms with E-state index < -0.39 is 0 Å². The molecule has 0 saturated heterocycles. The molecule has 1 aromatic rings. The Kier molecular flexibility index (Phi) is 6.97. The van der Waals surface area contributed by atoms with Gasteiger partial charge in [0.1, 0.15) is 5.75 Å². The van der Waals surface area contributed by atoms with E-state index in [1.165, 1.54) is 5.56 Å². The topological polar surface area (TPSA) is 49.8 Å². The van der Waals surface area contributed by atoms with Crippen molar-refractivity contribution >= 4 is 5.91 Å². The standard InChI is InChI=1S/C15H23NO3/c1-3-9-16(10-11-17)15(18)12-19-14-7-5-13(4-2)6-8-14/h5-8,17H,3-4,9-12H2,1-2H3. The van der Waals surface area contributed by atoms with E-state index in [4.69, 9.17) is 9.84 Å². The van der Waals surface area contributed by atoms with Gasteiger partial charge in [-0.1, -0.05) is 26.0 Å². The van der Waals surface area contributed by atoms with E-state index >= 15 is 0 Å². The Balaban J connectivity index is 2.46. The van der Waals surface area contributed by atoms with Crippen molar-refractivity contribution in [3.8, 4) is 5.75 Å². The van der Waals surface area contributed by atoms with Gasteiger partial charge in [0.2, 0.25) is 0 Å². The average molecular weight is 265 g/mol. The molecule has 106 valence electrons. The van der Waals surface area contributed by atoms with Crippen LogP contribution in [0.3, 0.4) is 0 Å². The lowest BCUT2D eigenvalue weighted by Crippen LogP contribution is -2.37.